The Hall–Kier alpha value is -3.85. The molecule has 0 aliphatic heterocycles. The first-order valence-electron chi connectivity index (χ1n) is 17.2. The summed E-state index contributed by atoms with van der Waals surface area (Å²) in [5.74, 6) is -2.35. The number of aliphatic hydroxyl groups is 2. The van der Waals surface area contributed by atoms with Crippen LogP contribution in [0.5, 0.6) is 5.75 Å². The summed E-state index contributed by atoms with van der Waals surface area (Å²) in [5, 5.41) is 33.2. The fraction of sp³-hybridized carbons (Fsp3) is 0.611. The molecule has 5 rings (SSSR count). The molecular weight excluding hydrogens is 688 g/mol. The maximum Gasteiger partial charge on any atom is 0.514 e. The number of ketones is 2. The van der Waals surface area contributed by atoms with Gasteiger partial charge in [0.05, 0.1) is 24.2 Å². The largest absolute Gasteiger partial charge is 0.514 e. The number of aliphatic hydroxyl groups excluding tert-OH is 1. The molecule has 0 bridgehead atoms. The number of allylic oxidation sites excluding steroid dienone is 4. The number of Topliss-reactive ketones (excluding diaryl/α,β-unsaturated/α-hetero) is 1. The van der Waals surface area contributed by atoms with E-state index in [2.05, 4.69) is 4.84 Å². The molecule has 0 heterocycles. The topological polar surface area (TPSA) is 215 Å². The number of ether oxygens (including phenoxy) is 3. The smallest absolute Gasteiger partial charge is 0.465 e. The first-order chi connectivity index (χ1) is 24.0. The van der Waals surface area contributed by atoms with Gasteiger partial charge in [0.2, 0.25) is 5.78 Å². The highest BCUT2D eigenvalue weighted by Gasteiger charge is 2.74. The van der Waals surface area contributed by atoms with E-state index in [4.69, 9.17) is 31.5 Å². The Kier molecular flexibility index (Phi) is 11.0. The average molecular weight is 733 g/mol. The zero-order chi connectivity index (χ0) is 37.4. The molecule has 1 aromatic rings. The number of alkyl halides is 1. The molecule has 3 fully saturated rings. The molecular formula is C36H45ClN2O12. The lowest BCUT2D eigenvalue weighted by Crippen LogP contribution is -2.69. The third-order valence-corrected chi connectivity index (χ3v) is 12.8. The van der Waals surface area contributed by atoms with Crippen LogP contribution in [0.4, 0.5) is 4.79 Å². The lowest BCUT2D eigenvalue weighted by atomic mass is 9.45. The van der Waals surface area contributed by atoms with Crippen molar-refractivity contribution in [2.75, 3.05) is 19.8 Å². The van der Waals surface area contributed by atoms with Crippen LogP contribution in [0, 0.1) is 38.7 Å². The lowest BCUT2D eigenvalue weighted by Gasteiger charge is -2.63. The Bertz CT molecular complexity index is 1610. The van der Waals surface area contributed by atoms with Crippen molar-refractivity contribution in [3.63, 3.8) is 0 Å². The van der Waals surface area contributed by atoms with E-state index in [1.165, 1.54) is 18.2 Å². The van der Waals surface area contributed by atoms with Crippen LogP contribution in [-0.2, 0) is 35.1 Å². The third kappa shape index (κ3) is 6.90. The SMILES string of the molecule is C[C@H]1C[C@H]2[C@@H]3CCC4=CC(=O)C=C[C@]4(C)[C@@]3(Cl)[C@@H](O)C[C@]2(C)[C@@]1(O)C(=O)COC(=O)Oc1ccc(CC(N)C(=O)OCCCCO[N+](=O)[O-])cc1. The Morgan fingerprint density at radius 3 is 2.49 bits per heavy atom. The number of benzene rings is 1. The predicted molar refractivity (Wildman–Crippen MR) is 181 cm³/mol. The van der Waals surface area contributed by atoms with E-state index in [9.17, 15) is 39.5 Å². The van der Waals surface area contributed by atoms with E-state index >= 15 is 0 Å². The minimum Gasteiger partial charge on any atom is -0.465 e. The fourth-order valence-electron chi connectivity index (χ4n) is 9.15. The standard InChI is InChI=1S/C36H45ClN2O12/c1-21-16-27-26-11-8-23-18-24(40)12-13-33(23,2)35(26,37)29(41)19-34(27,3)36(21,45)30(42)20-49-32(44)51-25-9-6-22(7-10-25)17-28(38)31(43)48-14-4-5-15-50-39(46)47/h6-7,9-10,12-13,18,21,26-29,41,45H,4-5,8,11,14-17,19-20,38H2,1-3H3/t21-,26-,27-,28?,29-,33-,34-,35-,36-/m0/s1. The van der Waals surface area contributed by atoms with Gasteiger partial charge in [-0.25, -0.2) is 4.79 Å². The summed E-state index contributed by atoms with van der Waals surface area (Å²) in [7, 11) is 0. The normalized spacial score (nSPS) is 34.3. The zero-order valence-electron chi connectivity index (χ0n) is 28.9. The predicted octanol–water partition coefficient (Wildman–Crippen LogP) is 3.79. The summed E-state index contributed by atoms with van der Waals surface area (Å²) in [5.41, 5.74) is 3.71. The molecule has 4 aliphatic carbocycles. The summed E-state index contributed by atoms with van der Waals surface area (Å²) in [6.45, 7) is 4.71. The van der Waals surface area contributed by atoms with Gasteiger partial charge < -0.3 is 35.0 Å². The molecule has 1 unspecified atom stereocenters. The molecule has 0 spiro atoms. The molecule has 3 saturated carbocycles. The maximum atomic E-state index is 13.8. The number of halogens is 1. The van der Waals surface area contributed by atoms with Gasteiger partial charge in [0, 0.05) is 10.8 Å². The number of nitrogens with two attached hydrogens (primary N) is 1. The number of carbonyl (C=O) groups is 4. The molecule has 0 radical (unpaired) electrons. The van der Waals surface area contributed by atoms with Crippen LogP contribution >= 0.6 is 11.6 Å². The average Bonchev–Trinajstić information content (AvgIpc) is 3.28. The molecule has 278 valence electrons. The van der Waals surface area contributed by atoms with Gasteiger partial charge in [0.15, 0.2) is 12.4 Å². The Morgan fingerprint density at radius 1 is 1.12 bits per heavy atom. The number of hydrogen-bond acceptors (Lipinski definition) is 13. The Morgan fingerprint density at radius 2 is 1.80 bits per heavy atom. The molecule has 0 amide bonds. The molecule has 9 atom stereocenters. The quantitative estimate of drug-likeness (QED) is 0.0658. The summed E-state index contributed by atoms with van der Waals surface area (Å²) in [6.07, 6.45) is 5.16. The van der Waals surface area contributed by atoms with Crippen LogP contribution < -0.4 is 10.5 Å². The van der Waals surface area contributed by atoms with Crippen molar-refractivity contribution in [2.45, 2.75) is 88.3 Å². The van der Waals surface area contributed by atoms with Crippen LogP contribution in [0.25, 0.3) is 0 Å². The second-order valence-corrected chi connectivity index (χ2v) is 15.2. The first-order valence-corrected chi connectivity index (χ1v) is 17.5. The number of hydrogen-bond donors (Lipinski definition) is 3. The minimum atomic E-state index is -1.92. The number of nitrogens with zero attached hydrogens (tertiary/aromatic N) is 1. The molecule has 14 nitrogen and oxygen atoms in total. The molecule has 15 heteroatoms. The van der Waals surface area contributed by atoms with Gasteiger partial charge in [-0.2, -0.15) is 0 Å². The van der Waals surface area contributed by atoms with Gasteiger partial charge in [0.1, 0.15) is 17.4 Å². The van der Waals surface area contributed by atoms with Gasteiger partial charge in [-0.15, -0.1) is 21.7 Å². The van der Waals surface area contributed by atoms with Gasteiger partial charge in [-0.3, -0.25) is 14.4 Å². The number of carbonyl (C=O) groups excluding carboxylic acids is 4. The second-order valence-electron chi connectivity index (χ2n) is 14.6. The highest BCUT2D eigenvalue weighted by Crippen LogP contribution is 2.71. The van der Waals surface area contributed by atoms with Crippen LogP contribution in [-0.4, -0.2) is 81.4 Å². The number of rotatable bonds is 13. The molecule has 1 aromatic carbocycles. The summed E-state index contributed by atoms with van der Waals surface area (Å²) in [6, 6.07) is 5.15. The highest BCUT2D eigenvalue weighted by molar-refractivity contribution is 6.26. The van der Waals surface area contributed by atoms with E-state index in [0.29, 0.717) is 37.7 Å². The summed E-state index contributed by atoms with van der Waals surface area (Å²) in [4.78, 5) is 63.9. The van der Waals surface area contributed by atoms with Crippen molar-refractivity contribution in [3.8, 4) is 5.75 Å². The maximum absolute atomic E-state index is 13.8. The Balaban J connectivity index is 1.15. The lowest BCUT2D eigenvalue weighted by molar-refractivity contribution is -0.757. The fourth-order valence-corrected chi connectivity index (χ4v) is 9.68. The van der Waals surface area contributed by atoms with Gasteiger partial charge in [-0.1, -0.05) is 44.6 Å². The monoisotopic (exact) mass is 732 g/mol. The number of fused-ring (bicyclic) bond motifs is 5. The second kappa shape index (κ2) is 14.6. The van der Waals surface area contributed by atoms with Crippen molar-refractivity contribution in [1.29, 1.82) is 0 Å². The van der Waals surface area contributed by atoms with Crippen molar-refractivity contribution < 1.29 is 53.5 Å². The minimum absolute atomic E-state index is 0.0362. The van der Waals surface area contributed by atoms with Crippen LogP contribution in [0.15, 0.2) is 48.1 Å². The van der Waals surface area contributed by atoms with Crippen molar-refractivity contribution in [1.82, 2.24) is 0 Å². The van der Waals surface area contributed by atoms with Crippen molar-refractivity contribution >= 4 is 35.3 Å². The zero-order valence-corrected chi connectivity index (χ0v) is 29.6. The van der Waals surface area contributed by atoms with Crippen LogP contribution in [0.3, 0.4) is 0 Å². The Labute approximate surface area is 300 Å². The number of esters is 1. The molecule has 4 N–H and O–H groups in total. The first kappa shape index (κ1) is 38.4. The van der Waals surface area contributed by atoms with E-state index in [1.54, 1.807) is 38.1 Å². The molecule has 4 aliphatic rings. The molecule has 51 heavy (non-hydrogen) atoms. The number of unbranched alkanes of at least 4 members (excludes halogenated alkanes) is 1. The van der Waals surface area contributed by atoms with Gasteiger partial charge >= 0.3 is 12.1 Å². The summed E-state index contributed by atoms with van der Waals surface area (Å²) >= 11 is 7.45. The van der Waals surface area contributed by atoms with E-state index < -0.39 is 69.0 Å². The van der Waals surface area contributed by atoms with Gasteiger partial charge in [0.25, 0.3) is 5.09 Å². The van der Waals surface area contributed by atoms with Crippen LogP contribution in [0.1, 0.15) is 64.9 Å². The van der Waals surface area contributed by atoms with Crippen molar-refractivity contribution in [2.24, 2.45) is 34.3 Å². The third-order valence-electron chi connectivity index (χ3n) is 11.8. The van der Waals surface area contributed by atoms with E-state index in [1.807, 2.05) is 6.92 Å². The summed E-state index contributed by atoms with van der Waals surface area (Å²) < 4.78 is 15.5. The van der Waals surface area contributed by atoms with E-state index in [0.717, 1.165) is 5.57 Å². The highest BCUT2D eigenvalue weighted by atomic mass is 35.5. The molecule has 0 saturated heterocycles. The van der Waals surface area contributed by atoms with Gasteiger partial charge in [-0.05, 0) is 92.5 Å². The van der Waals surface area contributed by atoms with Crippen molar-refractivity contribution in [3.05, 3.63) is 63.7 Å². The molecule has 0 aromatic heterocycles. The van der Waals surface area contributed by atoms with E-state index in [-0.39, 0.29) is 49.4 Å². The van der Waals surface area contributed by atoms with Crippen LogP contribution in [0.2, 0.25) is 0 Å².